The Kier molecular flexibility index (Phi) is 5.61. The zero-order valence-corrected chi connectivity index (χ0v) is 19.1. The van der Waals surface area contributed by atoms with E-state index >= 15 is 0 Å². The molecule has 0 radical (unpaired) electrons. The molecule has 8 nitrogen and oxygen atoms in total. The highest BCUT2D eigenvalue weighted by Crippen LogP contribution is 2.29. The third-order valence-corrected chi connectivity index (χ3v) is 8.02. The number of rotatable bonds is 5. The Balaban J connectivity index is 1.37. The minimum atomic E-state index is -3.88. The molecule has 2 aromatic carbocycles. The molecule has 33 heavy (non-hydrogen) atoms. The number of aromatic nitrogens is 3. The van der Waals surface area contributed by atoms with E-state index in [4.69, 9.17) is 11.6 Å². The van der Waals surface area contributed by atoms with E-state index in [-0.39, 0.29) is 28.6 Å². The summed E-state index contributed by atoms with van der Waals surface area (Å²) in [5.74, 6) is 0.132. The average Bonchev–Trinajstić information content (AvgIpc) is 3.25. The fraction of sp³-hybridized carbons (Fsp3) is 0.174. The summed E-state index contributed by atoms with van der Waals surface area (Å²) in [7, 11) is -3.88. The van der Waals surface area contributed by atoms with Crippen LogP contribution >= 0.6 is 11.6 Å². The van der Waals surface area contributed by atoms with Gasteiger partial charge in [-0.2, -0.15) is 4.31 Å². The number of benzene rings is 2. The molecule has 168 valence electrons. The summed E-state index contributed by atoms with van der Waals surface area (Å²) in [4.78, 5) is 12.7. The van der Waals surface area contributed by atoms with Crippen LogP contribution in [0.3, 0.4) is 0 Å². The van der Waals surface area contributed by atoms with Gasteiger partial charge in [0, 0.05) is 24.8 Å². The van der Waals surface area contributed by atoms with Gasteiger partial charge in [0.15, 0.2) is 11.5 Å². The second-order valence-electron chi connectivity index (χ2n) is 7.73. The number of amides is 1. The number of carbonyl (C=O) groups is 1. The van der Waals surface area contributed by atoms with E-state index in [0.29, 0.717) is 24.4 Å². The lowest BCUT2D eigenvalue weighted by Gasteiger charge is -2.28. The third kappa shape index (κ3) is 4.10. The van der Waals surface area contributed by atoms with Crippen molar-refractivity contribution in [3.63, 3.8) is 0 Å². The lowest BCUT2D eigenvalue weighted by molar-refractivity contribution is 0.0949. The second kappa shape index (κ2) is 8.58. The van der Waals surface area contributed by atoms with Gasteiger partial charge >= 0.3 is 0 Å². The molecule has 0 saturated carbocycles. The van der Waals surface area contributed by atoms with Crippen LogP contribution in [0, 0.1) is 0 Å². The number of carbonyl (C=O) groups excluding carboxylic acids is 1. The summed E-state index contributed by atoms with van der Waals surface area (Å²) in [5, 5.41) is 11.0. The Bertz CT molecular complexity index is 1470. The Morgan fingerprint density at radius 1 is 1.03 bits per heavy atom. The zero-order chi connectivity index (χ0) is 23.0. The number of pyridine rings is 1. The molecule has 0 atom stereocenters. The molecule has 0 fully saturated rings. The maximum atomic E-state index is 13.4. The van der Waals surface area contributed by atoms with Crippen molar-refractivity contribution in [2.24, 2.45) is 0 Å². The molecule has 1 N–H and O–H groups in total. The quantitative estimate of drug-likeness (QED) is 0.472. The van der Waals surface area contributed by atoms with E-state index in [0.717, 1.165) is 11.1 Å². The second-order valence-corrected chi connectivity index (χ2v) is 10.0. The monoisotopic (exact) mass is 481 g/mol. The van der Waals surface area contributed by atoms with Crippen molar-refractivity contribution in [2.75, 3.05) is 6.54 Å². The lowest BCUT2D eigenvalue weighted by Crippen LogP contribution is -2.36. The molecule has 1 amide bonds. The van der Waals surface area contributed by atoms with E-state index in [1.165, 1.54) is 22.5 Å². The highest BCUT2D eigenvalue weighted by Gasteiger charge is 2.30. The molecule has 2 aromatic heterocycles. The summed E-state index contributed by atoms with van der Waals surface area (Å²) in [6, 6.07) is 17.6. The van der Waals surface area contributed by atoms with Crippen LogP contribution < -0.4 is 5.32 Å². The number of halogens is 1. The zero-order valence-electron chi connectivity index (χ0n) is 17.5. The van der Waals surface area contributed by atoms with E-state index in [2.05, 4.69) is 15.5 Å². The molecule has 0 unspecified atom stereocenters. The SMILES string of the molecule is O=C(NCc1nnc2ccccn12)c1ccc(Cl)c(S(=O)(=O)N2CCc3ccccc3C2)c1. The molecule has 3 heterocycles. The molecule has 1 aliphatic rings. The third-order valence-electron chi connectivity index (χ3n) is 5.70. The van der Waals surface area contributed by atoms with Crippen LogP contribution in [0.15, 0.2) is 71.8 Å². The van der Waals surface area contributed by atoms with Crippen LogP contribution in [-0.4, -0.2) is 39.8 Å². The molecule has 1 aliphatic heterocycles. The van der Waals surface area contributed by atoms with Gasteiger partial charge in [-0.1, -0.05) is 41.9 Å². The van der Waals surface area contributed by atoms with Crippen molar-refractivity contribution in [3.05, 3.63) is 94.4 Å². The topological polar surface area (TPSA) is 96.7 Å². The van der Waals surface area contributed by atoms with Gasteiger partial charge in [-0.15, -0.1) is 10.2 Å². The summed E-state index contributed by atoms with van der Waals surface area (Å²) >= 11 is 6.27. The predicted molar refractivity (Wildman–Crippen MR) is 123 cm³/mol. The number of hydrogen-bond donors (Lipinski definition) is 1. The van der Waals surface area contributed by atoms with Gasteiger partial charge in [0.25, 0.3) is 5.91 Å². The van der Waals surface area contributed by atoms with Crippen LogP contribution in [0.2, 0.25) is 5.02 Å². The van der Waals surface area contributed by atoms with Gasteiger partial charge in [-0.05, 0) is 47.9 Å². The summed E-state index contributed by atoms with van der Waals surface area (Å²) in [5.41, 5.74) is 2.98. The van der Waals surface area contributed by atoms with Gasteiger partial charge in [-0.3, -0.25) is 9.20 Å². The highest BCUT2D eigenvalue weighted by atomic mass is 35.5. The molecular formula is C23H20ClN5O3S. The fourth-order valence-electron chi connectivity index (χ4n) is 3.93. The summed E-state index contributed by atoms with van der Waals surface area (Å²) in [6.07, 6.45) is 2.43. The number of nitrogens with one attached hydrogen (secondary N) is 1. The Labute approximate surface area is 195 Å². The van der Waals surface area contributed by atoms with Crippen LogP contribution in [0.5, 0.6) is 0 Å². The van der Waals surface area contributed by atoms with Crippen molar-refractivity contribution < 1.29 is 13.2 Å². The maximum Gasteiger partial charge on any atom is 0.251 e. The molecule has 10 heteroatoms. The number of sulfonamides is 1. The summed E-state index contributed by atoms with van der Waals surface area (Å²) < 4.78 is 29.9. The van der Waals surface area contributed by atoms with Crippen LogP contribution in [0.1, 0.15) is 27.3 Å². The summed E-state index contributed by atoms with van der Waals surface area (Å²) in [6.45, 7) is 0.759. The number of nitrogens with zero attached hydrogens (tertiary/aromatic N) is 4. The Morgan fingerprint density at radius 3 is 2.67 bits per heavy atom. The Morgan fingerprint density at radius 2 is 1.82 bits per heavy atom. The first-order chi connectivity index (χ1) is 15.9. The highest BCUT2D eigenvalue weighted by molar-refractivity contribution is 7.89. The average molecular weight is 482 g/mol. The minimum absolute atomic E-state index is 0.0776. The van der Waals surface area contributed by atoms with Gasteiger partial charge in [0.1, 0.15) is 4.90 Å². The van der Waals surface area contributed by atoms with E-state index in [1.807, 2.05) is 42.5 Å². The van der Waals surface area contributed by atoms with E-state index in [1.54, 1.807) is 10.6 Å². The molecule has 0 spiro atoms. The van der Waals surface area contributed by atoms with Crippen molar-refractivity contribution in [2.45, 2.75) is 24.4 Å². The molecular weight excluding hydrogens is 462 g/mol. The van der Waals surface area contributed by atoms with Crippen molar-refractivity contribution in [1.29, 1.82) is 0 Å². The smallest absolute Gasteiger partial charge is 0.251 e. The number of fused-ring (bicyclic) bond motifs is 2. The van der Waals surface area contributed by atoms with Crippen LogP contribution in [-0.2, 0) is 29.5 Å². The minimum Gasteiger partial charge on any atom is -0.345 e. The fourth-order valence-corrected chi connectivity index (χ4v) is 5.85. The van der Waals surface area contributed by atoms with Gasteiger partial charge in [0.2, 0.25) is 10.0 Å². The predicted octanol–water partition coefficient (Wildman–Crippen LogP) is 3.06. The van der Waals surface area contributed by atoms with Crippen LogP contribution in [0.4, 0.5) is 0 Å². The first-order valence-electron chi connectivity index (χ1n) is 10.4. The molecule has 4 aromatic rings. The normalized spacial score (nSPS) is 14.2. The van der Waals surface area contributed by atoms with Gasteiger partial charge < -0.3 is 5.32 Å². The maximum absolute atomic E-state index is 13.4. The van der Waals surface area contributed by atoms with Crippen molar-refractivity contribution in [1.82, 2.24) is 24.2 Å². The molecule has 5 rings (SSSR count). The lowest BCUT2D eigenvalue weighted by atomic mass is 10.0. The first kappa shape index (κ1) is 21.6. The standard InChI is InChI=1S/C23H20ClN5O3S/c24-19-9-8-17(23(30)25-14-22-27-26-21-7-3-4-11-29(21)22)13-20(19)33(31,32)28-12-10-16-5-1-2-6-18(16)15-28/h1-9,11,13H,10,12,14-15H2,(H,25,30). The first-order valence-corrected chi connectivity index (χ1v) is 12.2. The molecule has 0 bridgehead atoms. The largest absolute Gasteiger partial charge is 0.345 e. The number of hydrogen-bond acceptors (Lipinski definition) is 5. The van der Waals surface area contributed by atoms with E-state index < -0.39 is 15.9 Å². The van der Waals surface area contributed by atoms with Gasteiger partial charge in [-0.25, -0.2) is 8.42 Å². The van der Waals surface area contributed by atoms with E-state index in [9.17, 15) is 13.2 Å². The van der Waals surface area contributed by atoms with Crippen molar-refractivity contribution >= 4 is 33.2 Å². The van der Waals surface area contributed by atoms with Crippen LogP contribution in [0.25, 0.3) is 5.65 Å². The molecule has 0 saturated heterocycles. The Hall–Kier alpha value is -3.27. The van der Waals surface area contributed by atoms with Gasteiger partial charge in [0.05, 0.1) is 11.6 Å². The van der Waals surface area contributed by atoms with Crippen molar-refractivity contribution in [3.8, 4) is 0 Å². The molecule has 0 aliphatic carbocycles.